The molecule has 1 rings (SSSR count). The third-order valence-electron chi connectivity index (χ3n) is 1.86. The van der Waals surface area contributed by atoms with Crippen molar-refractivity contribution in [3.8, 4) is 0 Å². The number of aryl methyl sites for hydroxylation is 1. The Morgan fingerprint density at radius 2 is 2.46 bits per heavy atom. The van der Waals surface area contributed by atoms with Crippen LogP contribution < -0.4 is 11.3 Å². The largest absolute Gasteiger partial charge is 0.383 e. The van der Waals surface area contributed by atoms with Crippen molar-refractivity contribution in [1.29, 1.82) is 0 Å². The maximum atomic E-state index is 5.39. The lowest BCUT2D eigenvalue weighted by Gasteiger charge is -2.15. The van der Waals surface area contributed by atoms with Crippen molar-refractivity contribution in [2.45, 2.75) is 13.0 Å². The van der Waals surface area contributed by atoms with Crippen LogP contribution in [0.3, 0.4) is 0 Å². The van der Waals surface area contributed by atoms with Crippen molar-refractivity contribution in [3.05, 3.63) is 29.6 Å². The summed E-state index contributed by atoms with van der Waals surface area (Å²) >= 11 is 0. The van der Waals surface area contributed by atoms with E-state index in [1.807, 2.05) is 19.1 Å². The summed E-state index contributed by atoms with van der Waals surface area (Å²) < 4.78 is 5.03. The van der Waals surface area contributed by atoms with E-state index in [1.165, 1.54) is 0 Å². The highest BCUT2D eigenvalue weighted by Crippen LogP contribution is 2.11. The van der Waals surface area contributed by atoms with Crippen LogP contribution in [-0.2, 0) is 4.74 Å². The van der Waals surface area contributed by atoms with Gasteiger partial charge < -0.3 is 4.74 Å². The molecule has 0 aromatic carbocycles. The molecule has 0 amide bonds. The van der Waals surface area contributed by atoms with Crippen LogP contribution in [0.1, 0.15) is 17.3 Å². The molecular formula is C9H15N3O. The molecule has 1 aromatic rings. The molecule has 3 N–H and O–H groups in total. The first kappa shape index (κ1) is 10.1. The highest BCUT2D eigenvalue weighted by molar-refractivity contribution is 5.19. The standard InChI is InChI=1S/C9H15N3O/c1-7-5-8(3-4-11-7)9(12-10)6-13-2/h3-5,9,12H,6,10H2,1-2H3. The van der Waals surface area contributed by atoms with Crippen LogP contribution in [0, 0.1) is 6.92 Å². The number of nitrogens with two attached hydrogens (primary N) is 1. The minimum Gasteiger partial charge on any atom is -0.383 e. The molecule has 4 nitrogen and oxygen atoms in total. The topological polar surface area (TPSA) is 60.2 Å². The minimum absolute atomic E-state index is 0.0340. The Bertz CT molecular complexity index is 265. The lowest BCUT2D eigenvalue weighted by atomic mass is 10.1. The zero-order valence-corrected chi connectivity index (χ0v) is 7.95. The SMILES string of the molecule is COCC(NN)c1ccnc(C)c1. The number of aromatic nitrogens is 1. The number of hydrazine groups is 1. The predicted molar refractivity (Wildman–Crippen MR) is 50.9 cm³/mol. The molecule has 0 aliphatic heterocycles. The number of ether oxygens (including phenoxy) is 1. The quantitative estimate of drug-likeness (QED) is 0.526. The number of hydrogen-bond donors (Lipinski definition) is 2. The van der Waals surface area contributed by atoms with E-state index in [1.54, 1.807) is 13.3 Å². The van der Waals surface area contributed by atoms with Gasteiger partial charge in [-0.3, -0.25) is 16.3 Å². The van der Waals surface area contributed by atoms with Gasteiger partial charge >= 0.3 is 0 Å². The Kier molecular flexibility index (Phi) is 3.82. The van der Waals surface area contributed by atoms with Gasteiger partial charge in [-0.2, -0.15) is 0 Å². The molecule has 0 aliphatic rings. The lowest BCUT2D eigenvalue weighted by molar-refractivity contribution is 0.167. The molecule has 0 aliphatic carbocycles. The average Bonchev–Trinajstić information content (AvgIpc) is 2.14. The van der Waals surface area contributed by atoms with Gasteiger partial charge in [0.25, 0.3) is 0 Å². The van der Waals surface area contributed by atoms with E-state index in [2.05, 4.69) is 10.4 Å². The van der Waals surface area contributed by atoms with Crippen LogP contribution in [0.2, 0.25) is 0 Å². The summed E-state index contributed by atoms with van der Waals surface area (Å²) in [5, 5.41) is 0. The Balaban J connectivity index is 2.78. The number of methoxy groups -OCH3 is 1. The van der Waals surface area contributed by atoms with Crippen LogP contribution in [0.25, 0.3) is 0 Å². The second-order valence-electron chi connectivity index (χ2n) is 2.91. The maximum absolute atomic E-state index is 5.39. The second kappa shape index (κ2) is 4.91. The lowest BCUT2D eigenvalue weighted by Crippen LogP contribution is -2.31. The summed E-state index contributed by atoms with van der Waals surface area (Å²) in [6, 6.07) is 3.95. The predicted octanol–water partition coefficient (Wildman–Crippen LogP) is 0.541. The molecule has 0 fully saturated rings. The molecule has 0 saturated carbocycles. The summed E-state index contributed by atoms with van der Waals surface area (Å²) in [5.74, 6) is 5.39. The summed E-state index contributed by atoms with van der Waals surface area (Å²) in [7, 11) is 1.65. The van der Waals surface area contributed by atoms with Crippen molar-refractivity contribution in [2.24, 2.45) is 5.84 Å². The van der Waals surface area contributed by atoms with Gasteiger partial charge in [0.2, 0.25) is 0 Å². The monoisotopic (exact) mass is 181 g/mol. The van der Waals surface area contributed by atoms with Gasteiger partial charge in [-0.1, -0.05) is 0 Å². The Labute approximate surface area is 78.1 Å². The fraction of sp³-hybridized carbons (Fsp3) is 0.444. The highest BCUT2D eigenvalue weighted by atomic mass is 16.5. The van der Waals surface area contributed by atoms with Crippen molar-refractivity contribution in [3.63, 3.8) is 0 Å². The van der Waals surface area contributed by atoms with Crippen molar-refractivity contribution >= 4 is 0 Å². The molecule has 0 radical (unpaired) electrons. The van der Waals surface area contributed by atoms with E-state index in [9.17, 15) is 0 Å². The molecule has 0 spiro atoms. The summed E-state index contributed by atoms with van der Waals surface area (Å²) in [6.45, 7) is 2.50. The summed E-state index contributed by atoms with van der Waals surface area (Å²) in [5.41, 5.74) is 4.77. The molecule has 1 aromatic heterocycles. The van der Waals surface area contributed by atoms with E-state index >= 15 is 0 Å². The number of hydrogen-bond acceptors (Lipinski definition) is 4. The van der Waals surface area contributed by atoms with E-state index in [0.29, 0.717) is 6.61 Å². The third-order valence-corrected chi connectivity index (χ3v) is 1.86. The first-order chi connectivity index (χ1) is 6.27. The zero-order chi connectivity index (χ0) is 9.68. The van der Waals surface area contributed by atoms with Gasteiger partial charge in [-0.05, 0) is 24.6 Å². The van der Waals surface area contributed by atoms with Crippen molar-refractivity contribution in [2.75, 3.05) is 13.7 Å². The average molecular weight is 181 g/mol. The van der Waals surface area contributed by atoms with E-state index in [-0.39, 0.29) is 6.04 Å². The summed E-state index contributed by atoms with van der Waals surface area (Å²) in [6.07, 6.45) is 1.77. The Hall–Kier alpha value is -0.970. The first-order valence-electron chi connectivity index (χ1n) is 4.15. The van der Waals surface area contributed by atoms with E-state index in [0.717, 1.165) is 11.3 Å². The molecule has 4 heteroatoms. The molecule has 13 heavy (non-hydrogen) atoms. The van der Waals surface area contributed by atoms with Crippen LogP contribution >= 0.6 is 0 Å². The summed E-state index contributed by atoms with van der Waals surface area (Å²) in [4.78, 5) is 4.11. The fourth-order valence-electron chi connectivity index (χ4n) is 1.19. The number of rotatable bonds is 4. The fourth-order valence-corrected chi connectivity index (χ4v) is 1.19. The van der Waals surface area contributed by atoms with Crippen molar-refractivity contribution in [1.82, 2.24) is 10.4 Å². The van der Waals surface area contributed by atoms with Gasteiger partial charge in [0.1, 0.15) is 0 Å². The van der Waals surface area contributed by atoms with Gasteiger partial charge in [-0.25, -0.2) is 0 Å². The molecule has 72 valence electrons. The van der Waals surface area contributed by atoms with Crippen LogP contribution in [0.15, 0.2) is 18.3 Å². The highest BCUT2D eigenvalue weighted by Gasteiger charge is 2.08. The smallest absolute Gasteiger partial charge is 0.0694 e. The Morgan fingerprint density at radius 3 is 3.00 bits per heavy atom. The molecule has 0 saturated heterocycles. The zero-order valence-electron chi connectivity index (χ0n) is 7.95. The van der Waals surface area contributed by atoms with Gasteiger partial charge in [0.15, 0.2) is 0 Å². The van der Waals surface area contributed by atoms with Crippen LogP contribution in [-0.4, -0.2) is 18.7 Å². The maximum Gasteiger partial charge on any atom is 0.0694 e. The number of pyridine rings is 1. The molecule has 1 atom stereocenters. The second-order valence-corrected chi connectivity index (χ2v) is 2.91. The molecule has 1 unspecified atom stereocenters. The normalized spacial score (nSPS) is 12.8. The number of nitrogens with zero attached hydrogens (tertiary/aromatic N) is 1. The van der Waals surface area contributed by atoms with Crippen molar-refractivity contribution < 1.29 is 4.74 Å². The third kappa shape index (κ3) is 2.77. The van der Waals surface area contributed by atoms with Gasteiger partial charge in [0.05, 0.1) is 12.6 Å². The van der Waals surface area contributed by atoms with Gasteiger partial charge in [-0.15, -0.1) is 0 Å². The van der Waals surface area contributed by atoms with Crippen LogP contribution in [0.5, 0.6) is 0 Å². The minimum atomic E-state index is 0.0340. The van der Waals surface area contributed by atoms with E-state index in [4.69, 9.17) is 10.6 Å². The van der Waals surface area contributed by atoms with E-state index < -0.39 is 0 Å². The molecule has 1 heterocycles. The number of nitrogens with one attached hydrogen (secondary N) is 1. The molecule has 0 bridgehead atoms. The van der Waals surface area contributed by atoms with Crippen LogP contribution in [0.4, 0.5) is 0 Å². The Morgan fingerprint density at radius 1 is 1.69 bits per heavy atom. The van der Waals surface area contributed by atoms with Gasteiger partial charge in [0, 0.05) is 19.0 Å². The first-order valence-corrected chi connectivity index (χ1v) is 4.15. The molecular weight excluding hydrogens is 166 g/mol.